The monoisotopic (exact) mass is 286 g/mol. The molecule has 1 N–H and O–H groups in total. The van der Waals surface area contributed by atoms with E-state index in [9.17, 15) is 4.79 Å². The highest BCUT2D eigenvalue weighted by Crippen LogP contribution is 2.23. The number of benzene rings is 1. The predicted molar refractivity (Wildman–Crippen MR) is 83.3 cm³/mol. The van der Waals surface area contributed by atoms with Crippen LogP contribution in [0, 0.1) is 6.92 Å². The van der Waals surface area contributed by atoms with E-state index in [2.05, 4.69) is 46.7 Å². The summed E-state index contributed by atoms with van der Waals surface area (Å²) in [5, 5.41) is 7.77. The maximum absolute atomic E-state index is 12.7. The number of ketones is 1. The Kier molecular flexibility index (Phi) is 4.68. The van der Waals surface area contributed by atoms with Crippen LogP contribution in [0.3, 0.4) is 0 Å². The number of nitrogens with one attached hydrogen (secondary N) is 1. The summed E-state index contributed by atoms with van der Waals surface area (Å²) in [5.74, 6) is 0.313. The molecule has 113 valence electrons. The van der Waals surface area contributed by atoms with Crippen molar-refractivity contribution in [3.8, 4) is 0 Å². The predicted octanol–water partition coefficient (Wildman–Crippen LogP) is 1.10. The van der Waals surface area contributed by atoms with E-state index in [0.717, 1.165) is 39.0 Å². The summed E-state index contributed by atoms with van der Waals surface area (Å²) in [5.41, 5.74) is 2.63. The van der Waals surface area contributed by atoms with Crippen LogP contribution >= 0.6 is 0 Å². The number of carbonyl (C=O) groups excluding carboxylic acids is 1. The van der Waals surface area contributed by atoms with Gasteiger partial charge >= 0.3 is 0 Å². The van der Waals surface area contributed by atoms with Gasteiger partial charge < -0.3 is 5.32 Å². The molecule has 4 heteroatoms. The van der Waals surface area contributed by atoms with Gasteiger partial charge in [0.15, 0.2) is 5.78 Å². The fourth-order valence-corrected chi connectivity index (χ4v) is 3.36. The van der Waals surface area contributed by atoms with E-state index < -0.39 is 0 Å². The molecular formula is C17H24N3O. The van der Waals surface area contributed by atoms with Gasteiger partial charge in [0, 0.05) is 26.2 Å². The summed E-state index contributed by atoms with van der Waals surface area (Å²) < 4.78 is 0. The van der Waals surface area contributed by atoms with E-state index in [1.54, 1.807) is 0 Å². The summed E-state index contributed by atoms with van der Waals surface area (Å²) in [6, 6.07) is 8.37. The third-order valence-electron chi connectivity index (χ3n) is 4.63. The van der Waals surface area contributed by atoms with Gasteiger partial charge in [0.2, 0.25) is 0 Å². The van der Waals surface area contributed by atoms with Gasteiger partial charge in [-0.3, -0.25) is 9.69 Å². The van der Waals surface area contributed by atoms with Crippen molar-refractivity contribution in [3.05, 3.63) is 35.4 Å². The molecule has 2 atom stereocenters. The molecule has 0 aromatic heterocycles. The Morgan fingerprint density at radius 2 is 2.29 bits per heavy atom. The summed E-state index contributed by atoms with van der Waals surface area (Å²) in [6.07, 6.45) is 2.10. The second-order valence-electron chi connectivity index (χ2n) is 6.08. The molecule has 1 aromatic carbocycles. The number of nitrogens with zero attached hydrogens (tertiary/aromatic N) is 2. The molecule has 1 aromatic rings. The first-order chi connectivity index (χ1) is 10.3. The maximum Gasteiger partial charge on any atom is 0.169 e. The zero-order valence-corrected chi connectivity index (χ0v) is 12.7. The molecule has 21 heavy (non-hydrogen) atoms. The van der Waals surface area contributed by atoms with Crippen molar-refractivity contribution in [1.29, 1.82) is 0 Å². The average Bonchev–Trinajstić information content (AvgIpc) is 2.98. The first kappa shape index (κ1) is 14.7. The van der Waals surface area contributed by atoms with Crippen molar-refractivity contribution in [3.63, 3.8) is 0 Å². The standard InChI is InChI=1S/C17H24N3O/c1-13-5-2-3-6-14(13)12-20-10-4-7-16(20)17(21)15-11-18-8-9-19-15/h2-3,5-6,15-16,18H,4,7-12H2,1H3. The highest BCUT2D eigenvalue weighted by atomic mass is 16.1. The topological polar surface area (TPSA) is 46.4 Å². The van der Waals surface area contributed by atoms with Crippen molar-refractivity contribution in [2.45, 2.75) is 38.4 Å². The summed E-state index contributed by atoms with van der Waals surface area (Å²) in [7, 11) is 0. The quantitative estimate of drug-likeness (QED) is 0.902. The van der Waals surface area contributed by atoms with Gasteiger partial charge in [0.25, 0.3) is 0 Å². The second-order valence-corrected chi connectivity index (χ2v) is 6.08. The van der Waals surface area contributed by atoms with E-state index in [1.165, 1.54) is 11.1 Å². The molecule has 0 aliphatic carbocycles. The number of Topliss-reactive ketones (excluding diaryl/α,β-unsaturated/α-hetero) is 1. The number of likely N-dealkylation sites (tertiary alicyclic amines) is 1. The Balaban J connectivity index is 1.67. The fraction of sp³-hybridized carbons (Fsp3) is 0.588. The van der Waals surface area contributed by atoms with Crippen LogP contribution in [0.25, 0.3) is 0 Å². The lowest BCUT2D eigenvalue weighted by Crippen LogP contribution is -2.53. The van der Waals surface area contributed by atoms with E-state index in [-0.39, 0.29) is 12.1 Å². The maximum atomic E-state index is 12.7. The Morgan fingerprint density at radius 3 is 3.05 bits per heavy atom. The van der Waals surface area contributed by atoms with Gasteiger partial charge in [-0.15, -0.1) is 0 Å². The van der Waals surface area contributed by atoms with Gasteiger partial charge in [-0.1, -0.05) is 24.3 Å². The van der Waals surface area contributed by atoms with Crippen LogP contribution in [0.2, 0.25) is 0 Å². The lowest BCUT2D eigenvalue weighted by atomic mass is 10.0. The van der Waals surface area contributed by atoms with Crippen LogP contribution in [0.5, 0.6) is 0 Å². The number of piperazine rings is 1. The molecule has 2 heterocycles. The molecule has 2 fully saturated rings. The van der Waals surface area contributed by atoms with E-state index >= 15 is 0 Å². The molecule has 2 aliphatic heterocycles. The highest BCUT2D eigenvalue weighted by molar-refractivity contribution is 5.89. The molecule has 2 saturated heterocycles. The Morgan fingerprint density at radius 1 is 1.43 bits per heavy atom. The van der Waals surface area contributed by atoms with E-state index in [4.69, 9.17) is 0 Å². The highest BCUT2D eigenvalue weighted by Gasteiger charge is 2.35. The first-order valence-corrected chi connectivity index (χ1v) is 7.95. The SMILES string of the molecule is Cc1ccccc1CN1CCCC1C(=O)C1CNCC[N]1. The van der Waals surface area contributed by atoms with Gasteiger partial charge in [-0.25, -0.2) is 5.32 Å². The number of aryl methyl sites for hydroxylation is 1. The fourth-order valence-electron chi connectivity index (χ4n) is 3.36. The lowest BCUT2D eigenvalue weighted by Gasteiger charge is -2.29. The zero-order chi connectivity index (χ0) is 14.7. The number of hydrogen-bond acceptors (Lipinski definition) is 3. The van der Waals surface area contributed by atoms with Crippen molar-refractivity contribution >= 4 is 5.78 Å². The molecule has 2 unspecified atom stereocenters. The van der Waals surface area contributed by atoms with Gasteiger partial charge in [-0.05, 0) is 37.4 Å². The minimum absolute atomic E-state index is 0.0539. The van der Waals surface area contributed by atoms with Crippen molar-refractivity contribution in [1.82, 2.24) is 15.5 Å². The molecule has 0 spiro atoms. The molecular weight excluding hydrogens is 262 g/mol. The second kappa shape index (κ2) is 6.69. The third kappa shape index (κ3) is 3.34. The summed E-state index contributed by atoms with van der Waals surface area (Å²) in [6.45, 7) is 6.42. The number of carbonyl (C=O) groups is 1. The zero-order valence-electron chi connectivity index (χ0n) is 12.7. The van der Waals surface area contributed by atoms with Gasteiger partial charge in [0.1, 0.15) is 0 Å². The molecule has 2 aliphatic rings. The van der Waals surface area contributed by atoms with Crippen LogP contribution in [0.4, 0.5) is 0 Å². The largest absolute Gasteiger partial charge is 0.313 e. The van der Waals surface area contributed by atoms with Crippen LogP contribution in [-0.2, 0) is 11.3 Å². The Hall–Kier alpha value is -1.23. The minimum atomic E-state index is -0.138. The number of rotatable bonds is 4. The first-order valence-electron chi connectivity index (χ1n) is 7.95. The van der Waals surface area contributed by atoms with Gasteiger partial charge in [-0.2, -0.15) is 0 Å². The van der Waals surface area contributed by atoms with Crippen LogP contribution < -0.4 is 10.6 Å². The summed E-state index contributed by atoms with van der Waals surface area (Å²) in [4.78, 5) is 15.1. The molecule has 4 nitrogen and oxygen atoms in total. The van der Waals surface area contributed by atoms with E-state index in [1.807, 2.05) is 0 Å². The molecule has 0 amide bonds. The van der Waals surface area contributed by atoms with Crippen LogP contribution in [-0.4, -0.2) is 48.9 Å². The smallest absolute Gasteiger partial charge is 0.169 e. The van der Waals surface area contributed by atoms with Crippen LogP contribution in [0.15, 0.2) is 24.3 Å². The van der Waals surface area contributed by atoms with Crippen molar-refractivity contribution in [2.24, 2.45) is 0 Å². The Labute approximate surface area is 126 Å². The normalized spacial score (nSPS) is 26.9. The van der Waals surface area contributed by atoms with Crippen molar-refractivity contribution < 1.29 is 4.79 Å². The molecule has 1 radical (unpaired) electrons. The number of hydrogen-bond donors (Lipinski definition) is 1. The van der Waals surface area contributed by atoms with Crippen LogP contribution in [0.1, 0.15) is 24.0 Å². The lowest BCUT2D eigenvalue weighted by molar-refractivity contribution is -0.125. The Bertz CT molecular complexity index is 497. The average molecular weight is 286 g/mol. The minimum Gasteiger partial charge on any atom is -0.313 e. The van der Waals surface area contributed by atoms with E-state index in [0.29, 0.717) is 12.3 Å². The summed E-state index contributed by atoms with van der Waals surface area (Å²) >= 11 is 0. The molecule has 3 rings (SSSR count). The third-order valence-corrected chi connectivity index (χ3v) is 4.63. The van der Waals surface area contributed by atoms with Crippen molar-refractivity contribution in [2.75, 3.05) is 26.2 Å². The molecule has 0 saturated carbocycles. The van der Waals surface area contributed by atoms with Gasteiger partial charge in [0.05, 0.1) is 12.1 Å². The molecule has 0 bridgehead atoms.